The first-order valence-corrected chi connectivity index (χ1v) is 10.8. The molecule has 0 fully saturated rings. The predicted octanol–water partition coefficient (Wildman–Crippen LogP) is 4.45. The van der Waals surface area contributed by atoms with Crippen LogP contribution < -0.4 is 5.32 Å². The highest BCUT2D eigenvalue weighted by Gasteiger charge is 2.42. The number of amides is 1. The maximum absolute atomic E-state index is 13.7. The van der Waals surface area contributed by atoms with Crippen molar-refractivity contribution >= 4 is 11.7 Å². The zero-order chi connectivity index (χ0) is 23.2. The van der Waals surface area contributed by atoms with Crippen molar-refractivity contribution < 1.29 is 14.0 Å². The first-order chi connectivity index (χ1) is 15.1. The van der Waals surface area contributed by atoms with Gasteiger partial charge in [-0.2, -0.15) is 5.10 Å². The predicted molar refractivity (Wildman–Crippen MR) is 121 cm³/mol. The van der Waals surface area contributed by atoms with Gasteiger partial charge in [0.2, 0.25) is 0 Å². The summed E-state index contributed by atoms with van der Waals surface area (Å²) in [6.45, 7) is 9.97. The van der Waals surface area contributed by atoms with Crippen LogP contribution in [0.25, 0.3) is 0 Å². The molecule has 1 aromatic heterocycles. The smallest absolute Gasteiger partial charge is 0.251 e. The van der Waals surface area contributed by atoms with E-state index in [1.165, 1.54) is 12.1 Å². The van der Waals surface area contributed by atoms with Gasteiger partial charge < -0.3 is 5.32 Å². The van der Waals surface area contributed by atoms with E-state index in [4.69, 9.17) is 5.10 Å². The molecule has 6 heteroatoms. The minimum atomic E-state index is -0.766. The Kier molecular flexibility index (Phi) is 5.49. The fraction of sp³-hybridized carbons (Fsp3) is 0.346. The molecule has 1 heterocycles. The molecule has 0 spiro atoms. The molecule has 3 aromatic rings. The molecule has 1 N–H and O–H groups in total. The molecule has 2 aromatic carbocycles. The first kappa shape index (κ1) is 21.9. The van der Waals surface area contributed by atoms with Gasteiger partial charge in [0.15, 0.2) is 5.78 Å². The highest BCUT2D eigenvalue weighted by Crippen LogP contribution is 2.39. The van der Waals surface area contributed by atoms with Gasteiger partial charge in [-0.3, -0.25) is 14.3 Å². The summed E-state index contributed by atoms with van der Waals surface area (Å²) in [6, 6.07) is 12.6. The number of fused-ring (bicyclic) bond motifs is 1. The van der Waals surface area contributed by atoms with Crippen LogP contribution >= 0.6 is 0 Å². The van der Waals surface area contributed by atoms with Crippen LogP contribution in [0.4, 0.5) is 4.39 Å². The Hall–Kier alpha value is -3.28. The number of rotatable bonds is 3. The minimum absolute atomic E-state index is 0.0850. The van der Waals surface area contributed by atoms with E-state index in [9.17, 15) is 14.0 Å². The van der Waals surface area contributed by atoms with Crippen molar-refractivity contribution in [3.63, 3.8) is 0 Å². The summed E-state index contributed by atoms with van der Waals surface area (Å²) < 4.78 is 15.6. The van der Waals surface area contributed by atoms with Crippen molar-refractivity contribution in [1.29, 1.82) is 0 Å². The van der Waals surface area contributed by atoms with E-state index in [0.717, 1.165) is 28.1 Å². The van der Waals surface area contributed by atoms with E-state index in [1.54, 1.807) is 24.3 Å². The van der Waals surface area contributed by atoms with E-state index in [1.807, 2.05) is 51.4 Å². The minimum Gasteiger partial charge on any atom is -0.341 e. The number of hydrogen-bond donors (Lipinski definition) is 1. The summed E-state index contributed by atoms with van der Waals surface area (Å²) in [5.74, 6) is -1.18. The SMILES string of the molecule is Cc1cccc(C(=O)N[C@H]2C(=O)Cc3c(c(C)nn3C(C)(C)C)[C@@H]2c2ccc(F)cc2)c1. The number of aryl methyl sites for hydroxylation is 2. The average molecular weight is 434 g/mol. The lowest BCUT2D eigenvalue weighted by molar-refractivity contribution is -0.121. The largest absolute Gasteiger partial charge is 0.341 e. The van der Waals surface area contributed by atoms with Crippen molar-refractivity contribution in [1.82, 2.24) is 15.1 Å². The molecule has 1 amide bonds. The van der Waals surface area contributed by atoms with Gasteiger partial charge in [0.05, 0.1) is 29.4 Å². The number of ketones is 1. The summed E-state index contributed by atoms with van der Waals surface area (Å²) in [4.78, 5) is 26.5. The Bertz CT molecular complexity index is 1190. The molecule has 5 nitrogen and oxygen atoms in total. The molecule has 4 rings (SSSR count). The number of halogens is 1. The van der Waals surface area contributed by atoms with Crippen LogP contribution in [0, 0.1) is 19.7 Å². The molecule has 0 bridgehead atoms. The maximum atomic E-state index is 13.7. The Balaban J connectivity index is 1.83. The van der Waals surface area contributed by atoms with Gasteiger partial charge in [-0.05, 0) is 64.4 Å². The Morgan fingerprint density at radius 2 is 1.81 bits per heavy atom. The number of nitrogens with one attached hydrogen (secondary N) is 1. The van der Waals surface area contributed by atoms with E-state index in [-0.39, 0.29) is 29.5 Å². The quantitative estimate of drug-likeness (QED) is 0.664. The Morgan fingerprint density at radius 3 is 2.44 bits per heavy atom. The van der Waals surface area contributed by atoms with Crippen LogP contribution in [0.2, 0.25) is 0 Å². The summed E-state index contributed by atoms with van der Waals surface area (Å²) in [6.07, 6.45) is 0.184. The van der Waals surface area contributed by atoms with Crippen molar-refractivity contribution in [3.05, 3.63) is 88.0 Å². The third-order valence-corrected chi connectivity index (χ3v) is 5.97. The molecule has 0 unspecified atom stereocenters. The van der Waals surface area contributed by atoms with E-state index in [0.29, 0.717) is 5.56 Å². The Morgan fingerprint density at radius 1 is 1.12 bits per heavy atom. The number of Topliss-reactive ketones (excluding diaryl/α,β-unsaturated/α-hetero) is 1. The van der Waals surface area contributed by atoms with Gasteiger partial charge in [-0.1, -0.05) is 29.8 Å². The molecule has 32 heavy (non-hydrogen) atoms. The standard InChI is InChI=1S/C26H28FN3O2/c1-15-7-6-8-18(13-15)25(32)28-24-21(31)14-20-22(16(2)29-30(20)26(3,4)5)23(24)17-9-11-19(27)12-10-17/h6-13,23-24H,14H2,1-5H3,(H,28,32)/t23-,24-/m0/s1. The second-order valence-electron chi connectivity index (χ2n) is 9.52. The molecule has 0 radical (unpaired) electrons. The molecule has 0 saturated carbocycles. The monoisotopic (exact) mass is 433 g/mol. The maximum Gasteiger partial charge on any atom is 0.251 e. The van der Waals surface area contributed by atoms with Crippen LogP contribution in [-0.2, 0) is 16.8 Å². The molecular formula is C26H28FN3O2. The van der Waals surface area contributed by atoms with Crippen LogP contribution in [0.3, 0.4) is 0 Å². The van der Waals surface area contributed by atoms with Gasteiger partial charge in [0, 0.05) is 17.0 Å². The number of hydrogen-bond acceptors (Lipinski definition) is 3. The third kappa shape index (κ3) is 3.97. The van der Waals surface area contributed by atoms with Crippen molar-refractivity contribution in [2.75, 3.05) is 0 Å². The highest BCUT2D eigenvalue weighted by atomic mass is 19.1. The van der Waals surface area contributed by atoms with Crippen LogP contribution in [-0.4, -0.2) is 27.5 Å². The number of aromatic nitrogens is 2. The lowest BCUT2D eigenvalue weighted by atomic mass is 9.76. The van der Waals surface area contributed by atoms with Crippen LogP contribution in [0.5, 0.6) is 0 Å². The summed E-state index contributed by atoms with van der Waals surface area (Å²) in [7, 11) is 0. The van der Waals surface area contributed by atoms with Gasteiger partial charge in [-0.25, -0.2) is 4.39 Å². The first-order valence-electron chi connectivity index (χ1n) is 10.8. The van der Waals surface area contributed by atoms with E-state index in [2.05, 4.69) is 5.32 Å². The van der Waals surface area contributed by atoms with Gasteiger partial charge in [-0.15, -0.1) is 0 Å². The van der Waals surface area contributed by atoms with Crippen molar-refractivity contribution in [2.24, 2.45) is 0 Å². The number of carbonyl (C=O) groups excluding carboxylic acids is 2. The fourth-order valence-electron chi connectivity index (χ4n) is 4.55. The zero-order valence-electron chi connectivity index (χ0n) is 19.1. The van der Waals surface area contributed by atoms with Gasteiger partial charge >= 0.3 is 0 Å². The van der Waals surface area contributed by atoms with Crippen molar-refractivity contribution in [3.8, 4) is 0 Å². The fourth-order valence-corrected chi connectivity index (χ4v) is 4.55. The molecule has 0 saturated heterocycles. The summed E-state index contributed by atoms with van der Waals surface area (Å²) >= 11 is 0. The van der Waals surface area contributed by atoms with Gasteiger partial charge in [0.25, 0.3) is 5.91 Å². The van der Waals surface area contributed by atoms with Crippen molar-refractivity contribution in [2.45, 2.75) is 58.5 Å². The lowest BCUT2D eigenvalue weighted by Gasteiger charge is -2.34. The second-order valence-corrected chi connectivity index (χ2v) is 9.52. The zero-order valence-corrected chi connectivity index (χ0v) is 19.1. The molecule has 2 atom stereocenters. The van der Waals surface area contributed by atoms with Crippen LogP contribution in [0.1, 0.15) is 65.1 Å². The molecular weight excluding hydrogens is 405 g/mol. The highest BCUT2D eigenvalue weighted by molar-refractivity contribution is 5.99. The number of carbonyl (C=O) groups is 2. The molecule has 166 valence electrons. The average Bonchev–Trinajstić information content (AvgIpc) is 3.05. The number of benzene rings is 2. The molecule has 1 aliphatic carbocycles. The third-order valence-electron chi connectivity index (χ3n) is 5.97. The summed E-state index contributed by atoms with van der Waals surface area (Å²) in [5, 5.41) is 7.72. The van der Waals surface area contributed by atoms with E-state index >= 15 is 0 Å². The van der Waals surface area contributed by atoms with E-state index < -0.39 is 12.0 Å². The Labute approximate surface area is 187 Å². The molecule has 1 aliphatic rings. The van der Waals surface area contributed by atoms with Crippen LogP contribution in [0.15, 0.2) is 48.5 Å². The summed E-state index contributed by atoms with van der Waals surface area (Å²) in [5.41, 5.74) is 4.54. The molecule has 0 aliphatic heterocycles. The second kappa shape index (κ2) is 8.01. The number of nitrogens with zero attached hydrogens (tertiary/aromatic N) is 2. The lowest BCUT2D eigenvalue weighted by Crippen LogP contribution is -2.49. The van der Waals surface area contributed by atoms with Gasteiger partial charge in [0.1, 0.15) is 5.82 Å². The normalized spacial score (nSPS) is 18.4. The topological polar surface area (TPSA) is 64.0 Å².